The number of nitriles is 1. The predicted molar refractivity (Wildman–Crippen MR) is 101 cm³/mol. The molecular weight excluding hydrogens is 392 g/mol. The van der Waals surface area contributed by atoms with E-state index in [1.807, 2.05) is 6.07 Å². The van der Waals surface area contributed by atoms with Crippen LogP contribution in [0.5, 0.6) is 5.75 Å². The quantitative estimate of drug-likeness (QED) is 0.643. The van der Waals surface area contributed by atoms with Crippen LogP contribution in [0.3, 0.4) is 0 Å². The number of halogens is 3. The van der Waals surface area contributed by atoms with E-state index in [2.05, 4.69) is 20.4 Å². The zero-order valence-electron chi connectivity index (χ0n) is 14.3. The molecule has 3 aromatic rings. The highest BCUT2D eigenvalue weighted by molar-refractivity contribution is 7.22. The lowest BCUT2D eigenvalue weighted by Crippen LogP contribution is -2.21. The Kier molecular flexibility index (Phi) is 5.42. The maximum atomic E-state index is 12.3. The molecular formula is C17H11BF3N4O2S. The standard InChI is InChI=1S/C17H11BF3N4O2S/c1-18-12-4-2-10(6-9(12)8-22)23-15(26)25-16-24-13-5-3-11(7-14(13)28-16)27-17(19,20)21/h2-7H,1H3,(H2,23,24,25,26). The van der Waals surface area contributed by atoms with Gasteiger partial charge in [0.05, 0.1) is 16.3 Å². The third-order valence-corrected chi connectivity index (χ3v) is 4.49. The highest BCUT2D eigenvalue weighted by atomic mass is 32.1. The molecule has 0 saturated carbocycles. The van der Waals surface area contributed by atoms with E-state index in [9.17, 15) is 18.0 Å². The minimum absolute atomic E-state index is 0.204. The second kappa shape index (κ2) is 7.78. The number of ether oxygens (including phenoxy) is 1. The van der Waals surface area contributed by atoms with Crippen LogP contribution in [-0.2, 0) is 0 Å². The van der Waals surface area contributed by atoms with E-state index in [4.69, 9.17) is 5.26 Å². The van der Waals surface area contributed by atoms with Gasteiger partial charge in [0.25, 0.3) is 0 Å². The molecule has 0 fully saturated rings. The number of benzene rings is 2. The number of alkyl halides is 3. The van der Waals surface area contributed by atoms with Crippen molar-refractivity contribution in [2.75, 3.05) is 10.6 Å². The molecule has 1 aromatic heterocycles. The number of anilines is 2. The molecule has 0 atom stereocenters. The first-order valence-electron chi connectivity index (χ1n) is 7.85. The molecule has 1 heterocycles. The highest BCUT2D eigenvalue weighted by Gasteiger charge is 2.31. The molecule has 11 heteroatoms. The van der Waals surface area contributed by atoms with Crippen molar-refractivity contribution in [3.05, 3.63) is 42.0 Å². The molecule has 28 heavy (non-hydrogen) atoms. The Morgan fingerprint density at radius 3 is 2.71 bits per heavy atom. The van der Waals surface area contributed by atoms with Crippen molar-refractivity contribution < 1.29 is 22.7 Å². The fourth-order valence-electron chi connectivity index (χ4n) is 2.40. The Labute approximate surface area is 162 Å². The van der Waals surface area contributed by atoms with Gasteiger partial charge in [-0.2, -0.15) is 5.26 Å². The third kappa shape index (κ3) is 4.72. The van der Waals surface area contributed by atoms with E-state index < -0.39 is 12.4 Å². The van der Waals surface area contributed by atoms with Crippen LogP contribution in [0.4, 0.5) is 28.8 Å². The zero-order valence-corrected chi connectivity index (χ0v) is 15.1. The van der Waals surface area contributed by atoms with Gasteiger partial charge in [0.2, 0.25) is 0 Å². The van der Waals surface area contributed by atoms with Crippen molar-refractivity contribution in [3.8, 4) is 11.8 Å². The largest absolute Gasteiger partial charge is 0.573 e. The highest BCUT2D eigenvalue weighted by Crippen LogP contribution is 2.31. The number of carbonyl (C=O) groups excluding carboxylic acids is 1. The van der Waals surface area contributed by atoms with Crippen molar-refractivity contribution in [1.29, 1.82) is 5.26 Å². The summed E-state index contributed by atoms with van der Waals surface area (Å²) < 4.78 is 41.2. The summed E-state index contributed by atoms with van der Waals surface area (Å²) in [6.45, 7) is 1.80. The van der Waals surface area contributed by atoms with Gasteiger partial charge in [0.15, 0.2) is 5.13 Å². The van der Waals surface area contributed by atoms with Crippen LogP contribution in [0.2, 0.25) is 6.82 Å². The summed E-state index contributed by atoms with van der Waals surface area (Å²) in [5.41, 5.74) is 2.00. The van der Waals surface area contributed by atoms with Crippen LogP contribution in [0.25, 0.3) is 10.2 Å². The molecule has 6 nitrogen and oxygen atoms in total. The molecule has 0 unspecified atom stereocenters. The molecule has 3 rings (SSSR count). The van der Waals surface area contributed by atoms with Gasteiger partial charge >= 0.3 is 12.4 Å². The second-order valence-corrected chi connectivity index (χ2v) is 6.51. The molecule has 0 saturated heterocycles. The Hall–Kier alpha value is -3.26. The predicted octanol–water partition coefficient (Wildman–Crippen LogP) is 4.09. The minimum atomic E-state index is -4.79. The molecule has 0 aliphatic heterocycles. The normalized spacial score (nSPS) is 11.0. The topological polar surface area (TPSA) is 87.0 Å². The lowest BCUT2D eigenvalue weighted by Gasteiger charge is -2.07. The van der Waals surface area contributed by atoms with Crippen LogP contribution < -0.4 is 20.8 Å². The number of aromatic nitrogens is 1. The third-order valence-electron chi connectivity index (χ3n) is 3.56. The van der Waals surface area contributed by atoms with E-state index in [1.54, 1.807) is 26.2 Å². The average molecular weight is 403 g/mol. The molecule has 2 amide bonds. The van der Waals surface area contributed by atoms with Gasteiger partial charge in [-0.05, 0) is 24.3 Å². The summed E-state index contributed by atoms with van der Waals surface area (Å²) in [6.07, 6.45) is -4.79. The Balaban J connectivity index is 1.72. The van der Waals surface area contributed by atoms with E-state index in [0.717, 1.165) is 22.9 Å². The number of thiazole rings is 1. The molecule has 141 valence electrons. The zero-order chi connectivity index (χ0) is 20.3. The minimum Gasteiger partial charge on any atom is -0.406 e. The Morgan fingerprint density at radius 1 is 1.25 bits per heavy atom. The first kappa shape index (κ1) is 19.5. The molecule has 2 N–H and O–H groups in total. The first-order chi connectivity index (χ1) is 13.3. The molecule has 1 radical (unpaired) electrons. The molecule has 2 aromatic carbocycles. The summed E-state index contributed by atoms with van der Waals surface area (Å²) >= 11 is 1.00. The molecule has 0 aliphatic rings. The second-order valence-electron chi connectivity index (χ2n) is 5.48. The number of hydrogen-bond donors (Lipinski definition) is 2. The van der Waals surface area contributed by atoms with E-state index >= 15 is 0 Å². The monoisotopic (exact) mass is 403 g/mol. The van der Waals surface area contributed by atoms with Crippen LogP contribution in [0, 0.1) is 11.3 Å². The van der Waals surface area contributed by atoms with Crippen molar-refractivity contribution in [2.24, 2.45) is 0 Å². The van der Waals surface area contributed by atoms with Crippen molar-refractivity contribution >= 4 is 51.1 Å². The fourth-order valence-corrected chi connectivity index (χ4v) is 3.29. The molecule has 0 bridgehead atoms. The fraction of sp³-hybridized carbons (Fsp3) is 0.118. The summed E-state index contributed by atoms with van der Waals surface area (Å²) in [4.78, 5) is 16.3. The maximum Gasteiger partial charge on any atom is 0.573 e. The van der Waals surface area contributed by atoms with Crippen LogP contribution in [-0.4, -0.2) is 24.7 Å². The van der Waals surface area contributed by atoms with Crippen molar-refractivity contribution in [3.63, 3.8) is 0 Å². The number of fused-ring (bicyclic) bond motifs is 1. The van der Waals surface area contributed by atoms with Gasteiger partial charge in [-0.1, -0.05) is 29.7 Å². The summed E-state index contributed by atoms with van der Waals surface area (Å²) in [6, 6.07) is 10.1. The number of hydrogen-bond acceptors (Lipinski definition) is 5. The van der Waals surface area contributed by atoms with Crippen molar-refractivity contribution in [2.45, 2.75) is 13.2 Å². The smallest absolute Gasteiger partial charge is 0.406 e. The van der Waals surface area contributed by atoms with E-state index in [0.29, 0.717) is 21.5 Å². The van der Waals surface area contributed by atoms with Crippen LogP contribution in [0.1, 0.15) is 5.56 Å². The molecule has 0 aliphatic carbocycles. The molecule has 0 spiro atoms. The van der Waals surface area contributed by atoms with Gasteiger partial charge in [0, 0.05) is 17.3 Å². The van der Waals surface area contributed by atoms with Gasteiger partial charge in [-0.25, -0.2) is 9.78 Å². The average Bonchev–Trinajstić information content (AvgIpc) is 3.01. The lowest BCUT2D eigenvalue weighted by molar-refractivity contribution is -0.274. The lowest BCUT2D eigenvalue weighted by atomic mass is 9.71. The van der Waals surface area contributed by atoms with Gasteiger partial charge < -0.3 is 10.1 Å². The first-order valence-corrected chi connectivity index (χ1v) is 8.67. The van der Waals surface area contributed by atoms with Gasteiger partial charge in [0.1, 0.15) is 13.0 Å². The van der Waals surface area contributed by atoms with Crippen molar-refractivity contribution in [1.82, 2.24) is 4.98 Å². The summed E-state index contributed by atoms with van der Waals surface area (Å²) in [7, 11) is 1.78. The van der Waals surface area contributed by atoms with E-state index in [-0.39, 0.29) is 10.9 Å². The van der Waals surface area contributed by atoms with Gasteiger partial charge in [-0.15, -0.1) is 13.2 Å². The maximum absolute atomic E-state index is 12.3. The van der Waals surface area contributed by atoms with Crippen LogP contribution >= 0.6 is 11.3 Å². The number of nitrogens with one attached hydrogen (secondary N) is 2. The number of nitrogens with zero attached hydrogens (tertiary/aromatic N) is 2. The van der Waals surface area contributed by atoms with E-state index in [1.165, 1.54) is 18.2 Å². The number of rotatable bonds is 4. The summed E-state index contributed by atoms with van der Waals surface area (Å²) in [5.74, 6) is -0.364. The summed E-state index contributed by atoms with van der Waals surface area (Å²) in [5, 5.41) is 14.4. The Bertz CT molecular complexity index is 1080. The Morgan fingerprint density at radius 2 is 2.04 bits per heavy atom. The van der Waals surface area contributed by atoms with Gasteiger partial charge in [-0.3, -0.25) is 5.32 Å². The van der Waals surface area contributed by atoms with Crippen LogP contribution in [0.15, 0.2) is 36.4 Å². The SMILES string of the molecule is C[B]c1ccc(NC(=O)Nc2nc3ccc(OC(F)(F)F)cc3s2)cc1C#N. The number of amides is 2. The number of carbonyl (C=O) groups is 1. The number of urea groups is 1.